The zero-order valence-electron chi connectivity index (χ0n) is 13.6. The Morgan fingerprint density at radius 2 is 1.91 bits per heavy atom. The van der Waals surface area contributed by atoms with Crippen LogP contribution < -0.4 is 10.1 Å². The zero-order valence-corrected chi connectivity index (χ0v) is 13.6. The number of carboxylic acids is 1. The molecule has 2 N–H and O–H groups in total. The quantitative estimate of drug-likeness (QED) is 0.791. The molecular weight excluding hydrogens is 296 g/mol. The van der Waals surface area contributed by atoms with Gasteiger partial charge in [0.25, 0.3) is 0 Å². The van der Waals surface area contributed by atoms with Crippen LogP contribution in [0.5, 0.6) is 5.75 Å². The van der Waals surface area contributed by atoms with Crippen LogP contribution in [0, 0.1) is 0 Å². The number of rotatable bonds is 7. The molecule has 1 saturated heterocycles. The molecule has 2 rings (SSSR count). The van der Waals surface area contributed by atoms with Crippen LogP contribution in [0.1, 0.15) is 24.8 Å². The fourth-order valence-corrected chi connectivity index (χ4v) is 2.82. The lowest BCUT2D eigenvalue weighted by Gasteiger charge is -2.21. The molecule has 1 amide bonds. The first-order valence-electron chi connectivity index (χ1n) is 7.88. The maximum absolute atomic E-state index is 12.3. The molecule has 0 bridgehead atoms. The molecule has 6 nitrogen and oxygen atoms in total. The molecule has 23 heavy (non-hydrogen) atoms. The Hall–Kier alpha value is -2.08. The molecule has 0 aromatic heterocycles. The van der Waals surface area contributed by atoms with Crippen LogP contribution in [0.25, 0.3) is 0 Å². The predicted molar refractivity (Wildman–Crippen MR) is 86.5 cm³/mol. The van der Waals surface area contributed by atoms with Crippen LogP contribution in [0.2, 0.25) is 0 Å². The molecule has 126 valence electrons. The number of likely N-dealkylation sites (N-methyl/N-ethyl adjacent to an activating group) is 1. The third kappa shape index (κ3) is 4.69. The van der Waals surface area contributed by atoms with Crippen LogP contribution in [0.15, 0.2) is 24.3 Å². The molecule has 1 fully saturated rings. The Bertz CT molecular complexity index is 544. The molecule has 0 radical (unpaired) electrons. The van der Waals surface area contributed by atoms with E-state index in [2.05, 4.69) is 5.32 Å². The van der Waals surface area contributed by atoms with Gasteiger partial charge in [-0.1, -0.05) is 12.1 Å². The molecule has 0 unspecified atom stereocenters. The number of carbonyl (C=O) groups is 2. The van der Waals surface area contributed by atoms with Crippen molar-refractivity contribution < 1.29 is 19.4 Å². The van der Waals surface area contributed by atoms with Gasteiger partial charge in [0.15, 0.2) is 0 Å². The number of hydrogen-bond acceptors (Lipinski definition) is 4. The summed E-state index contributed by atoms with van der Waals surface area (Å²) in [5.41, 5.74) is 1.21. The van der Waals surface area contributed by atoms with Gasteiger partial charge in [-0.2, -0.15) is 0 Å². The van der Waals surface area contributed by atoms with Gasteiger partial charge in [-0.15, -0.1) is 0 Å². The number of nitrogens with one attached hydrogen (secondary N) is 1. The van der Waals surface area contributed by atoms with E-state index in [1.807, 2.05) is 24.3 Å². The Morgan fingerprint density at radius 1 is 1.26 bits per heavy atom. The van der Waals surface area contributed by atoms with E-state index >= 15 is 0 Å². The van der Waals surface area contributed by atoms with Crippen molar-refractivity contribution in [1.82, 2.24) is 10.2 Å². The van der Waals surface area contributed by atoms with Gasteiger partial charge in [-0.25, -0.2) is 0 Å². The summed E-state index contributed by atoms with van der Waals surface area (Å²) in [5.74, 6) is -0.0766. The normalized spacial score (nSPS) is 20.3. The standard InChI is InChI=1S/C17H24N2O4/c1-19(16(20)14-9-10-15(18-14)17(21)22)11-3-4-12-5-7-13(23-2)8-6-12/h5-8,14-15,18H,3-4,9-11H2,1-2H3,(H,21,22)/t14-,15+/m1/s1. The number of ether oxygens (including phenoxy) is 1. The highest BCUT2D eigenvalue weighted by atomic mass is 16.5. The molecular formula is C17H24N2O4. The van der Waals surface area contributed by atoms with Crippen LogP contribution in [-0.4, -0.2) is 54.7 Å². The number of benzene rings is 1. The van der Waals surface area contributed by atoms with Gasteiger partial charge < -0.3 is 14.7 Å². The minimum absolute atomic E-state index is 0.0246. The molecule has 1 aliphatic heterocycles. The molecule has 0 spiro atoms. The first-order valence-corrected chi connectivity index (χ1v) is 7.88. The van der Waals surface area contributed by atoms with Crippen molar-refractivity contribution in [3.63, 3.8) is 0 Å². The summed E-state index contributed by atoms with van der Waals surface area (Å²) in [4.78, 5) is 24.9. The number of carbonyl (C=O) groups excluding carboxylic acids is 1. The summed E-state index contributed by atoms with van der Waals surface area (Å²) in [5, 5.41) is 11.8. The molecule has 6 heteroatoms. The Balaban J connectivity index is 1.74. The van der Waals surface area contributed by atoms with Crippen molar-refractivity contribution in [2.45, 2.75) is 37.8 Å². The molecule has 1 heterocycles. The number of aryl methyl sites for hydroxylation is 1. The second-order valence-electron chi connectivity index (χ2n) is 5.90. The van der Waals surface area contributed by atoms with E-state index in [4.69, 9.17) is 9.84 Å². The van der Waals surface area contributed by atoms with E-state index in [0.29, 0.717) is 19.4 Å². The molecule has 1 aliphatic rings. The molecule has 0 aliphatic carbocycles. The van der Waals surface area contributed by atoms with Gasteiger partial charge >= 0.3 is 5.97 Å². The summed E-state index contributed by atoms with van der Waals surface area (Å²) in [7, 11) is 3.41. The third-order valence-corrected chi connectivity index (χ3v) is 4.24. The second-order valence-corrected chi connectivity index (χ2v) is 5.90. The lowest BCUT2D eigenvalue weighted by atomic mass is 10.1. The minimum atomic E-state index is -0.887. The van der Waals surface area contributed by atoms with Crippen LogP contribution in [-0.2, 0) is 16.0 Å². The average Bonchev–Trinajstić information content (AvgIpc) is 3.05. The number of methoxy groups -OCH3 is 1. The number of carboxylic acid groups (broad SMARTS) is 1. The summed E-state index contributed by atoms with van der Waals surface area (Å²) >= 11 is 0. The van der Waals surface area contributed by atoms with E-state index in [-0.39, 0.29) is 11.9 Å². The Kier molecular flexibility index (Phi) is 5.98. The van der Waals surface area contributed by atoms with Crippen molar-refractivity contribution in [2.75, 3.05) is 20.7 Å². The summed E-state index contributed by atoms with van der Waals surface area (Å²) < 4.78 is 5.12. The molecule has 0 saturated carbocycles. The van der Waals surface area contributed by atoms with Gasteiger partial charge in [0.1, 0.15) is 11.8 Å². The lowest BCUT2D eigenvalue weighted by Crippen LogP contribution is -2.45. The zero-order chi connectivity index (χ0) is 16.8. The van der Waals surface area contributed by atoms with Gasteiger partial charge in [0.05, 0.1) is 13.2 Å². The topological polar surface area (TPSA) is 78.9 Å². The maximum atomic E-state index is 12.3. The first-order chi connectivity index (χ1) is 11.0. The molecule has 2 atom stereocenters. The average molecular weight is 320 g/mol. The van der Waals surface area contributed by atoms with Crippen molar-refractivity contribution in [3.8, 4) is 5.75 Å². The SMILES string of the molecule is COc1ccc(CCCN(C)C(=O)[C@H]2CC[C@@H](C(=O)O)N2)cc1. The van der Waals surface area contributed by atoms with Crippen molar-refractivity contribution in [3.05, 3.63) is 29.8 Å². The fraction of sp³-hybridized carbons (Fsp3) is 0.529. The largest absolute Gasteiger partial charge is 0.497 e. The highest BCUT2D eigenvalue weighted by Gasteiger charge is 2.34. The number of aliphatic carboxylic acids is 1. The Morgan fingerprint density at radius 3 is 2.48 bits per heavy atom. The molecule has 1 aromatic carbocycles. The minimum Gasteiger partial charge on any atom is -0.497 e. The number of hydrogen-bond donors (Lipinski definition) is 2. The number of nitrogens with zero attached hydrogens (tertiary/aromatic N) is 1. The Labute approximate surface area is 136 Å². The van der Waals surface area contributed by atoms with Crippen LogP contribution in [0.3, 0.4) is 0 Å². The maximum Gasteiger partial charge on any atom is 0.320 e. The van der Waals surface area contributed by atoms with E-state index in [9.17, 15) is 9.59 Å². The van der Waals surface area contributed by atoms with E-state index in [1.165, 1.54) is 5.56 Å². The summed E-state index contributed by atoms with van der Waals surface area (Å²) in [6.45, 7) is 0.654. The third-order valence-electron chi connectivity index (χ3n) is 4.24. The number of amides is 1. The summed E-state index contributed by atoms with van der Waals surface area (Å²) in [6.07, 6.45) is 2.84. The first kappa shape index (κ1) is 17.3. The van der Waals surface area contributed by atoms with E-state index < -0.39 is 12.0 Å². The van der Waals surface area contributed by atoms with Crippen LogP contribution >= 0.6 is 0 Å². The van der Waals surface area contributed by atoms with Crippen LogP contribution in [0.4, 0.5) is 0 Å². The second kappa shape index (κ2) is 7.97. The van der Waals surface area contributed by atoms with Crippen molar-refractivity contribution in [1.29, 1.82) is 0 Å². The molecule has 1 aromatic rings. The monoisotopic (exact) mass is 320 g/mol. The lowest BCUT2D eigenvalue weighted by molar-refractivity contribution is -0.139. The van der Waals surface area contributed by atoms with E-state index in [0.717, 1.165) is 18.6 Å². The van der Waals surface area contributed by atoms with Gasteiger partial charge in [0, 0.05) is 13.6 Å². The fourth-order valence-electron chi connectivity index (χ4n) is 2.82. The van der Waals surface area contributed by atoms with Crippen molar-refractivity contribution >= 4 is 11.9 Å². The summed E-state index contributed by atoms with van der Waals surface area (Å²) in [6, 6.07) is 6.93. The highest BCUT2D eigenvalue weighted by molar-refractivity contribution is 5.84. The van der Waals surface area contributed by atoms with Gasteiger partial charge in [-0.3, -0.25) is 14.9 Å². The van der Waals surface area contributed by atoms with Crippen molar-refractivity contribution in [2.24, 2.45) is 0 Å². The van der Waals surface area contributed by atoms with Gasteiger partial charge in [0.2, 0.25) is 5.91 Å². The highest BCUT2D eigenvalue weighted by Crippen LogP contribution is 2.15. The smallest absolute Gasteiger partial charge is 0.320 e. The van der Waals surface area contributed by atoms with Gasteiger partial charge in [-0.05, 0) is 43.4 Å². The van der Waals surface area contributed by atoms with E-state index in [1.54, 1.807) is 19.1 Å². The predicted octanol–water partition coefficient (Wildman–Crippen LogP) is 1.29.